The number of benzene rings is 3. The van der Waals surface area contributed by atoms with Gasteiger partial charge in [-0.1, -0.05) is 72.9 Å². The zero-order valence-corrected chi connectivity index (χ0v) is 18.4. The number of hydrogen-bond acceptors (Lipinski definition) is 3. The van der Waals surface area contributed by atoms with Gasteiger partial charge >= 0.3 is 0 Å². The predicted molar refractivity (Wildman–Crippen MR) is 130 cm³/mol. The van der Waals surface area contributed by atoms with Crippen LogP contribution in [0, 0.1) is 11.2 Å². The number of aliphatic hydroxyl groups is 1. The third-order valence-electron chi connectivity index (χ3n) is 6.19. The number of pyridine rings is 1. The third-order valence-corrected chi connectivity index (χ3v) is 6.51. The van der Waals surface area contributed by atoms with Gasteiger partial charge < -0.3 is 10.4 Å². The van der Waals surface area contributed by atoms with Crippen molar-refractivity contribution in [2.24, 2.45) is 0 Å². The van der Waals surface area contributed by atoms with Crippen molar-refractivity contribution in [3.8, 4) is 0 Å². The van der Waals surface area contributed by atoms with Crippen LogP contribution < -0.4 is 9.88 Å². The van der Waals surface area contributed by atoms with Crippen LogP contribution in [0.4, 0.5) is 4.39 Å². The summed E-state index contributed by atoms with van der Waals surface area (Å²) in [7, 11) is 0. The molecule has 1 fully saturated rings. The number of aromatic nitrogens is 1. The van der Waals surface area contributed by atoms with Gasteiger partial charge in [0.2, 0.25) is 11.8 Å². The van der Waals surface area contributed by atoms with E-state index in [0.29, 0.717) is 16.7 Å². The van der Waals surface area contributed by atoms with E-state index in [4.69, 9.17) is 17.6 Å². The van der Waals surface area contributed by atoms with Gasteiger partial charge in [0.05, 0.1) is 11.5 Å². The molecule has 4 aromatic rings. The van der Waals surface area contributed by atoms with Crippen molar-refractivity contribution in [1.29, 1.82) is 5.41 Å². The summed E-state index contributed by atoms with van der Waals surface area (Å²) < 4.78 is 16.2. The standard InChI is InChI=1S/C27H20FN3OS/c28-22-12-6-9-19(15-22)24-23(16-29)26(33)30-27(32,21-10-2-1-3-11-21)25(24)31-14-13-18-7-4-5-8-20(18)17-31/h1-15,17,24-25,29,32H/p+1. The topological polar surface area (TPSA) is 60.0 Å². The fourth-order valence-corrected chi connectivity index (χ4v) is 5.02. The normalized spacial score (nSPS) is 22.6. The molecule has 5 rings (SSSR count). The molecule has 0 amide bonds. The molecule has 0 spiro atoms. The predicted octanol–water partition coefficient (Wildman–Crippen LogP) is 4.54. The van der Waals surface area contributed by atoms with Gasteiger partial charge in [-0.05, 0) is 35.0 Å². The van der Waals surface area contributed by atoms with E-state index >= 15 is 0 Å². The van der Waals surface area contributed by atoms with Crippen molar-refractivity contribution >= 4 is 33.8 Å². The molecule has 0 aliphatic carbocycles. The van der Waals surface area contributed by atoms with Gasteiger partial charge in [0, 0.05) is 17.0 Å². The van der Waals surface area contributed by atoms with Crippen molar-refractivity contribution in [2.75, 3.05) is 0 Å². The number of nitrogens with zero attached hydrogens (tertiary/aromatic N) is 1. The maximum absolute atomic E-state index is 14.3. The lowest BCUT2D eigenvalue weighted by Crippen LogP contribution is -2.65. The molecule has 1 saturated heterocycles. The third kappa shape index (κ3) is 3.64. The number of fused-ring (bicyclic) bond motifs is 1. The fraction of sp³-hybridized carbons (Fsp3) is 0.111. The summed E-state index contributed by atoms with van der Waals surface area (Å²) in [6.07, 6.45) is 3.85. The lowest BCUT2D eigenvalue weighted by molar-refractivity contribution is -0.742. The number of nitrogens with one attached hydrogen (secondary N) is 2. The number of piperidine rings is 1. The molecule has 162 valence electrons. The molecule has 0 bridgehead atoms. The molecule has 0 radical (unpaired) electrons. The summed E-state index contributed by atoms with van der Waals surface area (Å²) in [5, 5.41) is 25.3. The first-order chi connectivity index (χ1) is 16.0. The number of halogens is 1. The second-order valence-electron chi connectivity index (χ2n) is 8.12. The average molecular weight is 455 g/mol. The summed E-state index contributed by atoms with van der Waals surface area (Å²) in [6.45, 7) is 0. The van der Waals surface area contributed by atoms with Gasteiger partial charge in [-0.15, -0.1) is 0 Å². The molecule has 6 heteroatoms. The van der Waals surface area contributed by atoms with Crippen LogP contribution in [0.5, 0.6) is 0 Å². The Labute approximate surface area is 196 Å². The minimum atomic E-state index is -1.62. The smallest absolute Gasteiger partial charge is 0.227 e. The Balaban J connectivity index is 1.81. The van der Waals surface area contributed by atoms with Crippen molar-refractivity contribution in [2.45, 2.75) is 17.7 Å². The van der Waals surface area contributed by atoms with Crippen LogP contribution in [0.25, 0.3) is 10.8 Å². The fourth-order valence-electron chi connectivity index (χ4n) is 4.68. The summed E-state index contributed by atoms with van der Waals surface area (Å²) in [4.78, 5) is 0.211. The Morgan fingerprint density at radius 3 is 2.42 bits per heavy atom. The van der Waals surface area contributed by atoms with Gasteiger partial charge in [-0.3, -0.25) is 5.41 Å². The molecular weight excluding hydrogens is 433 g/mol. The van der Waals surface area contributed by atoms with Gasteiger partial charge in [0.25, 0.3) is 0 Å². The Kier molecular flexibility index (Phi) is 5.35. The van der Waals surface area contributed by atoms with E-state index in [1.807, 2.05) is 77.6 Å². The van der Waals surface area contributed by atoms with Crippen molar-refractivity contribution in [3.05, 3.63) is 120 Å². The van der Waals surface area contributed by atoms with E-state index in [0.717, 1.165) is 10.8 Å². The van der Waals surface area contributed by atoms with E-state index in [9.17, 15) is 9.50 Å². The second-order valence-corrected chi connectivity index (χ2v) is 8.53. The molecule has 2 heterocycles. The Bertz CT molecular complexity index is 1420. The van der Waals surface area contributed by atoms with Crippen LogP contribution in [-0.4, -0.2) is 16.0 Å². The van der Waals surface area contributed by atoms with Crippen molar-refractivity contribution in [3.63, 3.8) is 0 Å². The highest BCUT2D eigenvalue weighted by atomic mass is 32.1. The first kappa shape index (κ1) is 21.2. The number of rotatable bonds is 3. The highest BCUT2D eigenvalue weighted by molar-refractivity contribution is 7.80. The molecular formula is C27H21FN3OS+. The zero-order chi connectivity index (χ0) is 23.0. The highest BCUT2D eigenvalue weighted by Gasteiger charge is 2.56. The average Bonchev–Trinajstić information content (AvgIpc) is 2.84. The quantitative estimate of drug-likeness (QED) is 0.184. The summed E-state index contributed by atoms with van der Waals surface area (Å²) in [5.74, 6) is 1.45. The van der Waals surface area contributed by atoms with Crippen LogP contribution in [0.15, 0.2) is 103 Å². The minimum Gasteiger partial charge on any atom is -0.362 e. The first-order valence-electron chi connectivity index (χ1n) is 10.6. The van der Waals surface area contributed by atoms with E-state index in [1.54, 1.807) is 12.1 Å². The molecule has 0 saturated carbocycles. The first-order valence-corrected chi connectivity index (χ1v) is 11.0. The molecule has 33 heavy (non-hydrogen) atoms. The van der Waals surface area contributed by atoms with Crippen LogP contribution in [-0.2, 0) is 5.72 Å². The van der Waals surface area contributed by atoms with E-state index < -0.39 is 23.5 Å². The summed E-state index contributed by atoms with van der Waals surface area (Å²) in [5.41, 5.74) is -0.0121. The van der Waals surface area contributed by atoms with E-state index in [1.165, 1.54) is 12.1 Å². The molecule has 3 unspecified atom stereocenters. The van der Waals surface area contributed by atoms with Crippen LogP contribution in [0.3, 0.4) is 0 Å². The molecule has 3 N–H and O–H groups in total. The van der Waals surface area contributed by atoms with Crippen molar-refractivity contribution in [1.82, 2.24) is 5.32 Å². The Morgan fingerprint density at radius 2 is 1.70 bits per heavy atom. The molecule has 1 aliphatic heterocycles. The zero-order valence-electron chi connectivity index (χ0n) is 17.6. The van der Waals surface area contributed by atoms with Gasteiger partial charge in [0.1, 0.15) is 10.8 Å². The highest BCUT2D eigenvalue weighted by Crippen LogP contribution is 2.45. The van der Waals surface area contributed by atoms with E-state index in [-0.39, 0.29) is 4.99 Å². The summed E-state index contributed by atoms with van der Waals surface area (Å²) >= 11 is 5.57. The number of hydrogen-bond donors (Lipinski definition) is 3. The van der Waals surface area contributed by atoms with Crippen molar-refractivity contribution < 1.29 is 14.1 Å². The number of thiocarbonyl (C=S) groups is 1. The van der Waals surface area contributed by atoms with Gasteiger partial charge in [-0.25, -0.2) is 4.39 Å². The Morgan fingerprint density at radius 1 is 0.970 bits per heavy atom. The SMILES string of the molecule is N=C=C1C(=S)NC(O)(c2ccccc2)C([n+]2ccc3ccccc3c2)C1c1cccc(F)c1. The molecule has 1 aliphatic rings. The lowest BCUT2D eigenvalue weighted by atomic mass is 9.74. The summed E-state index contributed by atoms with van der Waals surface area (Å²) in [6, 6.07) is 24.7. The largest absolute Gasteiger partial charge is 0.362 e. The second kappa shape index (κ2) is 8.34. The van der Waals surface area contributed by atoms with E-state index in [2.05, 4.69) is 11.2 Å². The van der Waals surface area contributed by atoms with Crippen LogP contribution in [0.1, 0.15) is 23.1 Å². The minimum absolute atomic E-state index is 0.211. The van der Waals surface area contributed by atoms with Gasteiger partial charge in [0.15, 0.2) is 12.4 Å². The van der Waals surface area contributed by atoms with Crippen LogP contribution in [0.2, 0.25) is 0 Å². The molecule has 3 aromatic carbocycles. The maximum atomic E-state index is 14.3. The molecule has 1 aromatic heterocycles. The molecule has 3 atom stereocenters. The van der Waals surface area contributed by atoms with Gasteiger partial charge in [-0.2, -0.15) is 4.57 Å². The lowest BCUT2D eigenvalue weighted by Gasteiger charge is -2.43. The Hall–Kier alpha value is -3.70. The maximum Gasteiger partial charge on any atom is 0.227 e. The molecule has 4 nitrogen and oxygen atoms in total. The van der Waals surface area contributed by atoms with Crippen LogP contribution >= 0.6 is 12.2 Å². The monoisotopic (exact) mass is 454 g/mol.